The van der Waals surface area contributed by atoms with Gasteiger partial charge in [0.2, 0.25) is 0 Å². The molecular formula is C19H18N6O3. The third kappa shape index (κ3) is 4.04. The number of hydrogen-bond acceptors (Lipinski definition) is 5. The second-order valence-corrected chi connectivity index (χ2v) is 6.12. The Balaban J connectivity index is 1.68. The van der Waals surface area contributed by atoms with E-state index in [0.29, 0.717) is 17.1 Å². The molecule has 0 radical (unpaired) electrons. The lowest BCUT2D eigenvalue weighted by Gasteiger charge is -2.09. The zero-order valence-electron chi connectivity index (χ0n) is 15.3. The normalized spacial score (nSPS) is 10.4. The van der Waals surface area contributed by atoms with Gasteiger partial charge in [-0.1, -0.05) is 6.07 Å². The van der Waals surface area contributed by atoms with E-state index in [1.165, 1.54) is 10.9 Å². The standard InChI is InChI=1S/C19H18N6O3/c1-11-3-8-14(21-9-11)18(27)23-12-4-6-13(7-5-12)24-19(28)16-15(17(20)26)22-10-25(16)2/h3-10H,1-2H3,(H2,20,26)(H,23,27)(H,24,28). The first-order chi connectivity index (χ1) is 13.3. The van der Waals surface area contributed by atoms with Crippen molar-refractivity contribution in [2.45, 2.75) is 6.92 Å². The van der Waals surface area contributed by atoms with Crippen LogP contribution < -0.4 is 16.4 Å². The first-order valence-corrected chi connectivity index (χ1v) is 8.31. The first-order valence-electron chi connectivity index (χ1n) is 8.31. The van der Waals surface area contributed by atoms with Crippen LogP contribution >= 0.6 is 0 Å². The fraction of sp³-hybridized carbons (Fsp3) is 0.105. The number of amides is 3. The number of nitrogens with zero attached hydrogens (tertiary/aromatic N) is 3. The summed E-state index contributed by atoms with van der Waals surface area (Å²) < 4.78 is 1.42. The zero-order chi connectivity index (χ0) is 20.3. The van der Waals surface area contributed by atoms with Crippen LogP contribution in [0, 0.1) is 6.92 Å². The van der Waals surface area contributed by atoms with Crippen molar-refractivity contribution in [1.29, 1.82) is 0 Å². The third-order valence-electron chi connectivity index (χ3n) is 3.93. The van der Waals surface area contributed by atoms with Gasteiger partial charge in [0, 0.05) is 24.6 Å². The van der Waals surface area contributed by atoms with Crippen LogP contribution in [0.1, 0.15) is 37.0 Å². The highest BCUT2D eigenvalue weighted by Crippen LogP contribution is 2.16. The van der Waals surface area contributed by atoms with Crippen molar-refractivity contribution < 1.29 is 14.4 Å². The Labute approximate surface area is 160 Å². The minimum atomic E-state index is -0.784. The highest BCUT2D eigenvalue weighted by atomic mass is 16.2. The molecule has 0 unspecified atom stereocenters. The number of hydrogen-bond donors (Lipinski definition) is 3. The van der Waals surface area contributed by atoms with E-state index in [-0.39, 0.29) is 17.3 Å². The minimum absolute atomic E-state index is 0.0651. The zero-order valence-corrected chi connectivity index (χ0v) is 15.3. The molecule has 9 heteroatoms. The predicted octanol–water partition coefficient (Wildman–Crippen LogP) is 1.73. The van der Waals surface area contributed by atoms with Crippen molar-refractivity contribution in [3.63, 3.8) is 0 Å². The van der Waals surface area contributed by atoms with E-state index in [0.717, 1.165) is 5.56 Å². The summed E-state index contributed by atoms with van der Waals surface area (Å²) in [6.07, 6.45) is 2.96. The molecule has 2 heterocycles. The average Bonchev–Trinajstić information content (AvgIpc) is 3.06. The van der Waals surface area contributed by atoms with Gasteiger partial charge in [0.1, 0.15) is 11.4 Å². The minimum Gasteiger partial charge on any atom is -0.364 e. The van der Waals surface area contributed by atoms with Crippen molar-refractivity contribution in [1.82, 2.24) is 14.5 Å². The van der Waals surface area contributed by atoms with E-state index < -0.39 is 11.8 Å². The molecule has 1 aromatic carbocycles. The summed E-state index contributed by atoms with van der Waals surface area (Å²) in [5.74, 6) is -1.64. The molecule has 0 atom stereocenters. The van der Waals surface area contributed by atoms with Gasteiger partial charge < -0.3 is 20.9 Å². The first kappa shape index (κ1) is 18.8. The van der Waals surface area contributed by atoms with E-state index in [1.54, 1.807) is 49.6 Å². The summed E-state index contributed by atoms with van der Waals surface area (Å²) in [5.41, 5.74) is 7.50. The van der Waals surface area contributed by atoms with Crippen LogP contribution in [-0.2, 0) is 7.05 Å². The van der Waals surface area contributed by atoms with E-state index in [2.05, 4.69) is 20.6 Å². The number of rotatable bonds is 5. The number of anilines is 2. The Bertz CT molecular complexity index is 1040. The number of benzene rings is 1. The molecule has 3 rings (SSSR count). The maximum absolute atomic E-state index is 12.4. The topological polar surface area (TPSA) is 132 Å². The Morgan fingerprint density at radius 1 is 0.929 bits per heavy atom. The monoisotopic (exact) mass is 378 g/mol. The Hall–Kier alpha value is -4.01. The van der Waals surface area contributed by atoms with E-state index in [9.17, 15) is 14.4 Å². The average molecular weight is 378 g/mol. The SMILES string of the molecule is Cc1ccc(C(=O)Nc2ccc(NC(=O)c3c(C(N)=O)ncn3C)cc2)nc1. The molecule has 0 aliphatic carbocycles. The Morgan fingerprint density at radius 3 is 2.07 bits per heavy atom. The molecule has 4 N–H and O–H groups in total. The second-order valence-electron chi connectivity index (χ2n) is 6.12. The molecule has 0 spiro atoms. The summed E-state index contributed by atoms with van der Waals surface area (Å²) in [5, 5.41) is 5.40. The van der Waals surface area contributed by atoms with Crippen LogP contribution in [0.25, 0.3) is 0 Å². The number of carbonyl (C=O) groups excluding carboxylic acids is 3. The van der Waals surface area contributed by atoms with Crippen LogP contribution in [0.15, 0.2) is 48.9 Å². The van der Waals surface area contributed by atoms with Crippen molar-refractivity contribution >= 4 is 29.1 Å². The number of nitrogens with one attached hydrogen (secondary N) is 2. The maximum atomic E-state index is 12.4. The molecule has 3 amide bonds. The lowest BCUT2D eigenvalue weighted by molar-refractivity contribution is 0.0970. The van der Waals surface area contributed by atoms with Crippen molar-refractivity contribution in [3.8, 4) is 0 Å². The number of aromatic nitrogens is 3. The van der Waals surface area contributed by atoms with Crippen molar-refractivity contribution in [2.24, 2.45) is 12.8 Å². The summed E-state index contributed by atoms with van der Waals surface area (Å²) in [6.45, 7) is 1.89. The summed E-state index contributed by atoms with van der Waals surface area (Å²) in [6, 6.07) is 9.97. The van der Waals surface area contributed by atoms with Gasteiger partial charge in [0.25, 0.3) is 17.7 Å². The van der Waals surface area contributed by atoms with Gasteiger partial charge in [0.15, 0.2) is 5.69 Å². The quantitative estimate of drug-likeness (QED) is 0.622. The number of aryl methyl sites for hydroxylation is 2. The largest absolute Gasteiger partial charge is 0.364 e. The van der Waals surface area contributed by atoms with Crippen LogP contribution in [-0.4, -0.2) is 32.3 Å². The Morgan fingerprint density at radius 2 is 1.54 bits per heavy atom. The van der Waals surface area contributed by atoms with E-state index in [4.69, 9.17) is 5.73 Å². The number of nitrogens with two attached hydrogens (primary N) is 1. The van der Waals surface area contributed by atoms with Gasteiger partial charge in [-0.3, -0.25) is 19.4 Å². The molecule has 0 saturated carbocycles. The van der Waals surface area contributed by atoms with Crippen LogP contribution in [0.2, 0.25) is 0 Å². The number of imidazole rings is 1. The summed E-state index contributed by atoms with van der Waals surface area (Å²) >= 11 is 0. The molecule has 0 aliphatic heterocycles. The van der Waals surface area contributed by atoms with Crippen LogP contribution in [0.3, 0.4) is 0 Å². The van der Waals surface area contributed by atoms with Gasteiger partial charge in [-0.25, -0.2) is 4.98 Å². The summed E-state index contributed by atoms with van der Waals surface area (Å²) in [4.78, 5) is 43.9. The number of carbonyl (C=O) groups is 3. The van der Waals surface area contributed by atoms with E-state index >= 15 is 0 Å². The molecular weight excluding hydrogens is 360 g/mol. The lowest BCUT2D eigenvalue weighted by atomic mass is 10.2. The summed E-state index contributed by atoms with van der Waals surface area (Å²) in [7, 11) is 1.59. The fourth-order valence-corrected chi connectivity index (χ4v) is 2.50. The molecule has 0 bridgehead atoms. The van der Waals surface area contributed by atoms with Crippen molar-refractivity contribution in [3.05, 3.63) is 71.6 Å². The molecule has 28 heavy (non-hydrogen) atoms. The van der Waals surface area contributed by atoms with Crippen LogP contribution in [0.5, 0.6) is 0 Å². The predicted molar refractivity (Wildman–Crippen MR) is 103 cm³/mol. The van der Waals surface area contributed by atoms with Crippen LogP contribution in [0.4, 0.5) is 11.4 Å². The number of pyridine rings is 1. The van der Waals surface area contributed by atoms with Gasteiger partial charge >= 0.3 is 0 Å². The van der Waals surface area contributed by atoms with Gasteiger partial charge in [-0.05, 0) is 42.8 Å². The maximum Gasteiger partial charge on any atom is 0.274 e. The molecule has 9 nitrogen and oxygen atoms in total. The molecule has 0 aliphatic rings. The highest BCUT2D eigenvalue weighted by molar-refractivity contribution is 6.10. The second kappa shape index (κ2) is 7.70. The number of primary amides is 1. The van der Waals surface area contributed by atoms with E-state index in [1.807, 2.05) is 6.92 Å². The lowest BCUT2D eigenvalue weighted by Crippen LogP contribution is -2.22. The molecule has 3 aromatic rings. The molecule has 142 valence electrons. The highest BCUT2D eigenvalue weighted by Gasteiger charge is 2.20. The molecule has 0 fully saturated rings. The third-order valence-corrected chi connectivity index (χ3v) is 3.93. The van der Waals surface area contributed by atoms with Gasteiger partial charge in [0.05, 0.1) is 6.33 Å². The van der Waals surface area contributed by atoms with Gasteiger partial charge in [-0.2, -0.15) is 0 Å². The Kier molecular flexibility index (Phi) is 5.16. The van der Waals surface area contributed by atoms with Crippen molar-refractivity contribution in [2.75, 3.05) is 10.6 Å². The fourth-order valence-electron chi connectivity index (χ4n) is 2.50. The van der Waals surface area contributed by atoms with Gasteiger partial charge in [-0.15, -0.1) is 0 Å². The molecule has 0 saturated heterocycles. The molecule has 2 aromatic heterocycles. The smallest absolute Gasteiger partial charge is 0.274 e.